The molecule has 2 heteroatoms. The highest BCUT2D eigenvalue weighted by Gasteiger charge is 2.21. The van der Waals surface area contributed by atoms with E-state index >= 15 is 0 Å². The molecule has 0 aromatic carbocycles. The van der Waals surface area contributed by atoms with Gasteiger partial charge in [-0.15, -0.1) is 0 Å². The lowest BCUT2D eigenvalue weighted by atomic mass is 9.89. The van der Waals surface area contributed by atoms with E-state index in [1.807, 2.05) is 20.8 Å². The van der Waals surface area contributed by atoms with Gasteiger partial charge in [0, 0.05) is 5.41 Å². The summed E-state index contributed by atoms with van der Waals surface area (Å²) in [6.07, 6.45) is 0.0729. The van der Waals surface area contributed by atoms with E-state index in [0.717, 1.165) is 0 Å². The molecule has 0 aromatic rings. The fraction of sp³-hybridized carbons (Fsp3) is 0.750. The maximum absolute atomic E-state index is 11.1. The van der Waals surface area contributed by atoms with Crippen LogP contribution in [0.5, 0.6) is 0 Å². The van der Waals surface area contributed by atoms with Gasteiger partial charge in [-0.25, -0.2) is 0 Å². The standard InChI is InChI=1S/C8H14O2/c1-6(9)5-7(10)8(2,3)4/h5H2,1-4H3/i1+1. The topological polar surface area (TPSA) is 34.1 Å². The van der Waals surface area contributed by atoms with E-state index in [1.165, 1.54) is 6.92 Å². The van der Waals surface area contributed by atoms with Crippen LogP contribution < -0.4 is 0 Å². The smallest absolute Gasteiger partial charge is 0.145 e. The molecule has 0 saturated carbocycles. The third-order valence-electron chi connectivity index (χ3n) is 1.25. The molecule has 0 heterocycles. The van der Waals surface area contributed by atoms with Crippen LogP contribution in [0.2, 0.25) is 0 Å². The van der Waals surface area contributed by atoms with Crippen molar-refractivity contribution in [1.29, 1.82) is 0 Å². The Morgan fingerprint density at radius 1 is 1.20 bits per heavy atom. The average Bonchev–Trinajstić information content (AvgIpc) is 1.60. The van der Waals surface area contributed by atoms with Crippen LogP contribution in [-0.4, -0.2) is 11.6 Å². The molecule has 0 aromatic heterocycles. The molecule has 0 atom stereocenters. The summed E-state index contributed by atoms with van der Waals surface area (Å²) in [6, 6.07) is 0. The number of rotatable bonds is 2. The minimum atomic E-state index is -0.369. The molecule has 0 aliphatic carbocycles. The van der Waals surface area contributed by atoms with Gasteiger partial charge in [-0.05, 0) is 6.92 Å². The quantitative estimate of drug-likeness (QED) is 0.434. The van der Waals surface area contributed by atoms with Crippen molar-refractivity contribution in [3.8, 4) is 0 Å². The SMILES string of the molecule is CC(C)(C)C(=O)CC([13CH3])=O. The van der Waals surface area contributed by atoms with Crippen molar-refractivity contribution in [2.75, 3.05) is 0 Å². The van der Waals surface area contributed by atoms with Crippen molar-refractivity contribution in [3.63, 3.8) is 0 Å². The van der Waals surface area contributed by atoms with E-state index in [1.54, 1.807) is 0 Å². The first-order chi connectivity index (χ1) is 4.34. The number of hydrogen-bond acceptors (Lipinski definition) is 2. The van der Waals surface area contributed by atoms with Gasteiger partial charge >= 0.3 is 0 Å². The van der Waals surface area contributed by atoms with Gasteiger partial charge in [0.15, 0.2) is 0 Å². The Kier molecular flexibility index (Phi) is 2.76. The molecular weight excluding hydrogens is 129 g/mol. The van der Waals surface area contributed by atoms with Crippen molar-refractivity contribution in [2.45, 2.75) is 34.1 Å². The number of Topliss-reactive ketones (excluding diaryl/α,β-unsaturated/α-hetero) is 2. The Bertz CT molecular complexity index is 151. The van der Waals surface area contributed by atoms with Crippen LogP contribution in [0.25, 0.3) is 0 Å². The highest BCUT2D eigenvalue weighted by molar-refractivity contribution is 6.00. The first kappa shape index (κ1) is 9.34. The Balaban J connectivity index is 3.99. The maximum atomic E-state index is 11.1. The summed E-state index contributed by atoms with van der Waals surface area (Å²) in [5, 5.41) is 0. The van der Waals surface area contributed by atoms with Crippen LogP contribution in [0.4, 0.5) is 0 Å². The normalized spacial score (nSPS) is 11.2. The summed E-state index contributed by atoms with van der Waals surface area (Å²) in [6.45, 7) is 6.89. The summed E-state index contributed by atoms with van der Waals surface area (Å²) in [5.41, 5.74) is -0.369. The Morgan fingerprint density at radius 2 is 1.60 bits per heavy atom. The maximum Gasteiger partial charge on any atom is 0.145 e. The van der Waals surface area contributed by atoms with Crippen LogP contribution in [0, 0.1) is 5.41 Å². The first-order valence-electron chi connectivity index (χ1n) is 3.37. The second kappa shape index (κ2) is 2.95. The molecule has 0 radical (unpaired) electrons. The van der Waals surface area contributed by atoms with E-state index in [2.05, 4.69) is 0 Å². The minimum absolute atomic E-state index is 0.0139. The number of hydrogen-bond donors (Lipinski definition) is 0. The minimum Gasteiger partial charge on any atom is -0.300 e. The van der Waals surface area contributed by atoms with Gasteiger partial charge in [-0.1, -0.05) is 20.8 Å². The summed E-state index contributed by atoms with van der Waals surface area (Å²) < 4.78 is 0. The third kappa shape index (κ3) is 3.38. The van der Waals surface area contributed by atoms with Crippen molar-refractivity contribution >= 4 is 11.6 Å². The van der Waals surface area contributed by atoms with E-state index in [0.29, 0.717) is 0 Å². The molecule has 0 saturated heterocycles. The number of ketones is 2. The monoisotopic (exact) mass is 143 g/mol. The average molecular weight is 143 g/mol. The van der Waals surface area contributed by atoms with Crippen LogP contribution in [0.15, 0.2) is 0 Å². The summed E-state index contributed by atoms with van der Waals surface area (Å²) >= 11 is 0. The first-order valence-corrected chi connectivity index (χ1v) is 3.37. The Hall–Kier alpha value is -0.660. The Labute approximate surface area is 61.6 Å². The molecule has 0 unspecified atom stereocenters. The third-order valence-corrected chi connectivity index (χ3v) is 1.25. The lowest BCUT2D eigenvalue weighted by Gasteiger charge is -2.14. The van der Waals surface area contributed by atoms with Gasteiger partial charge < -0.3 is 0 Å². The molecule has 0 spiro atoms. The molecular formula is C8H14O2. The fourth-order valence-corrected chi connectivity index (χ4v) is 0.491. The second-order valence-corrected chi connectivity index (χ2v) is 3.55. The van der Waals surface area contributed by atoms with Crippen molar-refractivity contribution in [1.82, 2.24) is 0 Å². The summed E-state index contributed by atoms with van der Waals surface area (Å²) in [5.74, 6) is -0.0417. The zero-order chi connectivity index (χ0) is 8.36. The molecule has 0 rings (SSSR count). The molecule has 2 nitrogen and oxygen atoms in total. The summed E-state index contributed by atoms with van der Waals surface area (Å²) in [4.78, 5) is 21.5. The van der Waals surface area contributed by atoms with Gasteiger partial charge in [0.05, 0.1) is 6.42 Å². The fourth-order valence-electron chi connectivity index (χ4n) is 0.491. The van der Waals surface area contributed by atoms with Crippen LogP contribution in [0.3, 0.4) is 0 Å². The molecule has 58 valence electrons. The van der Waals surface area contributed by atoms with Crippen LogP contribution in [0.1, 0.15) is 34.1 Å². The Morgan fingerprint density at radius 3 is 1.70 bits per heavy atom. The molecule has 0 fully saturated rings. The zero-order valence-electron chi connectivity index (χ0n) is 7.02. The molecule has 0 aliphatic rings. The van der Waals surface area contributed by atoms with E-state index in [4.69, 9.17) is 0 Å². The number of carbonyl (C=O) groups excluding carboxylic acids is 2. The predicted octanol–water partition coefficient (Wildman–Crippen LogP) is 1.58. The van der Waals surface area contributed by atoms with E-state index < -0.39 is 0 Å². The van der Waals surface area contributed by atoms with Crippen LogP contribution >= 0.6 is 0 Å². The van der Waals surface area contributed by atoms with E-state index in [-0.39, 0.29) is 23.4 Å². The highest BCUT2D eigenvalue weighted by atomic mass is 16.2. The van der Waals surface area contributed by atoms with Crippen molar-refractivity contribution in [2.24, 2.45) is 5.41 Å². The molecule has 0 N–H and O–H groups in total. The van der Waals surface area contributed by atoms with Crippen LogP contribution in [-0.2, 0) is 9.59 Å². The van der Waals surface area contributed by atoms with Gasteiger partial charge in [0.25, 0.3) is 0 Å². The van der Waals surface area contributed by atoms with E-state index in [9.17, 15) is 9.59 Å². The lowest BCUT2D eigenvalue weighted by Crippen LogP contribution is -2.21. The molecule has 0 amide bonds. The van der Waals surface area contributed by atoms with Crippen molar-refractivity contribution < 1.29 is 9.59 Å². The zero-order valence-corrected chi connectivity index (χ0v) is 7.02. The van der Waals surface area contributed by atoms with Crippen molar-refractivity contribution in [3.05, 3.63) is 0 Å². The molecule has 10 heavy (non-hydrogen) atoms. The van der Waals surface area contributed by atoms with Gasteiger partial charge in [0.1, 0.15) is 11.6 Å². The predicted molar refractivity (Wildman–Crippen MR) is 39.8 cm³/mol. The van der Waals surface area contributed by atoms with Gasteiger partial charge in [-0.2, -0.15) is 0 Å². The van der Waals surface area contributed by atoms with Gasteiger partial charge in [0.2, 0.25) is 0 Å². The largest absolute Gasteiger partial charge is 0.300 e. The molecule has 0 aliphatic heterocycles. The molecule has 0 bridgehead atoms. The second-order valence-electron chi connectivity index (χ2n) is 3.55. The summed E-state index contributed by atoms with van der Waals surface area (Å²) in [7, 11) is 0. The highest BCUT2D eigenvalue weighted by Crippen LogP contribution is 2.16. The van der Waals surface area contributed by atoms with Gasteiger partial charge in [-0.3, -0.25) is 9.59 Å². The number of carbonyl (C=O) groups is 2. The lowest BCUT2D eigenvalue weighted by molar-refractivity contribution is -0.130.